The number of rotatable bonds is 1. The Morgan fingerprint density at radius 3 is 2.33 bits per heavy atom. The normalized spacial score (nSPS) is 11.9. The SMILES string of the molecule is C[C@@H](N)c1cc(N)cc(F)c1.Cl. The molecule has 0 aliphatic carbocycles. The van der Waals surface area contributed by atoms with Gasteiger partial charge in [-0.25, -0.2) is 4.39 Å². The highest BCUT2D eigenvalue weighted by Crippen LogP contribution is 2.15. The topological polar surface area (TPSA) is 52.0 Å². The fourth-order valence-electron chi connectivity index (χ4n) is 0.899. The molecular formula is C8H12ClFN2. The van der Waals surface area contributed by atoms with E-state index in [9.17, 15) is 4.39 Å². The molecule has 12 heavy (non-hydrogen) atoms. The summed E-state index contributed by atoms with van der Waals surface area (Å²) in [6.45, 7) is 1.79. The summed E-state index contributed by atoms with van der Waals surface area (Å²) in [4.78, 5) is 0. The highest BCUT2D eigenvalue weighted by Gasteiger charge is 2.01. The Hall–Kier alpha value is -0.800. The zero-order valence-electron chi connectivity index (χ0n) is 6.75. The minimum atomic E-state index is -0.336. The molecule has 0 heterocycles. The van der Waals surface area contributed by atoms with Crippen LogP contribution < -0.4 is 11.5 Å². The molecule has 0 aliphatic rings. The number of halogens is 2. The molecule has 0 aliphatic heterocycles. The number of hydrogen-bond acceptors (Lipinski definition) is 2. The van der Waals surface area contributed by atoms with Gasteiger partial charge in [0.15, 0.2) is 0 Å². The minimum Gasteiger partial charge on any atom is -0.399 e. The smallest absolute Gasteiger partial charge is 0.125 e. The van der Waals surface area contributed by atoms with Crippen LogP contribution in [0, 0.1) is 5.82 Å². The average molecular weight is 191 g/mol. The first-order chi connectivity index (χ1) is 5.09. The first kappa shape index (κ1) is 11.2. The van der Waals surface area contributed by atoms with Gasteiger partial charge in [0.05, 0.1) is 0 Å². The molecule has 68 valence electrons. The van der Waals surface area contributed by atoms with E-state index < -0.39 is 0 Å². The van der Waals surface area contributed by atoms with Crippen LogP contribution in [-0.2, 0) is 0 Å². The molecule has 4 N–H and O–H groups in total. The predicted octanol–water partition coefficient (Wildman–Crippen LogP) is 1.85. The van der Waals surface area contributed by atoms with E-state index >= 15 is 0 Å². The molecule has 0 aromatic heterocycles. The number of hydrogen-bond donors (Lipinski definition) is 2. The highest BCUT2D eigenvalue weighted by atomic mass is 35.5. The van der Waals surface area contributed by atoms with E-state index in [1.54, 1.807) is 13.0 Å². The van der Waals surface area contributed by atoms with Crippen LogP contribution in [0.1, 0.15) is 18.5 Å². The largest absolute Gasteiger partial charge is 0.399 e. The van der Waals surface area contributed by atoms with E-state index in [0.29, 0.717) is 5.69 Å². The molecule has 1 aromatic rings. The molecule has 0 spiro atoms. The molecule has 1 rings (SSSR count). The summed E-state index contributed by atoms with van der Waals surface area (Å²) in [5, 5.41) is 0. The first-order valence-corrected chi connectivity index (χ1v) is 3.41. The third kappa shape index (κ3) is 2.68. The molecule has 0 bridgehead atoms. The summed E-state index contributed by atoms with van der Waals surface area (Å²) in [7, 11) is 0. The summed E-state index contributed by atoms with van der Waals surface area (Å²) in [6.07, 6.45) is 0. The van der Waals surface area contributed by atoms with Gasteiger partial charge in [0.25, 0.3) is 0 Å². The molecule has 4 heteroatoms. The van der Waals surface area contributed by atoms with Crippen LogP contribution in [0.15, 0.2) is 18.2 Å². The van der Waals surface area contributed by atoms with Crippen molar-refractivity contribution in [2.24, 2.45) is 5.73 Å². The summed E-state index contributed by atoms with van der Waals surface area (Å²) < 4.78 is 12.7. The molecule has 0 saturated carbocycles. The summed E-state index contributed by atoms with van der Waals surface area (Å²) in [5.41, 5.74) is 12.1. The number of nitrogen functional groups attached to an aromatic ring is 1. The van der Waals surface area contributed by atoms with Crippen LogP contribution in [0.5, 0.6) is 0 Å². The molecule has 1 aromatic carbocycles. The lowest BCUT2D eigenvalue weighted by atomic mass is 10.1. The number of anilines is 1. The van der Waals surface area contributed by atoms with Crippen molar-refractivity contribution >= 4 is 18.1 Å². The van der Waals surface area contributed by atoms with Crippen LogP contribution in [0.4, 0.5) is 10.1 Å². The second-order valence-electron chi connectivity index (χ2n) is 2.61. The van der Waals surface area contributed by atoms with Gasteiger partial charge in [0.2, 0.25) is 0 Å². The van der Waals surface area contributed by atoms with Gasteiger partial charge in [-0.05, 0) is 30.7 Å². The molecule has 0 amide bonds. The van der Waals surface area contributed by atoms with Crippen LogP contribution in [0.25, 0.3) is 0 Å². The number of benzene rings is 1. The summed E-state index contributed by atoms with van der Waals surface area (Å²) in [6, 6.07) is 4.16. The van der Waals surface area contributed by atoms with Crippen molar-refractivity contribution in [3.05, 3.63) is 29.6 Å². The van der Waals surface area contributed by atoms with Crippen molar-refractivity contribution in [3.63, 3.8) is 0 Å². The van der Waals surface area contributed by atoms with Crippen molar-refractivity contribution in [1.29, 1.82) is 0 Å². The van der Waals surface area contributed by atoms with Crippen LogP contribution in [0.3, 0.4) is 0 Å². The second-order valence-corrected chi connectivity index (χ2v) is 2.61. The van der Waals surface area contributed by atoms with Crippen LogP contribution in [-0.4, -0.2) is 0 Å². The van der Waals surface area contributed by atoms with Gasteiger partial charge in [-0.3, -0.25) is 0 Å². The molecule has 1 atom stereocenters. The van der Waals surface area contributed by atoms with E-state index in [1.165, 1.54) is 12.1 Å². The van der Waals surface area contributed by atoms with Gasteiger partial charge < -0.3 is 11.5 Å². The Morgan fingerprint density at radius 1 is 1.33 bits per heavy atom. The zero-order chi connectivity index (χ0) is 8.43. The van der Waals surface area contributed by atoms with Crippen molar-refractivity contribution in [2.75, 3.05) is 5.73 Å². The van der Waals surface area contributed by atoms with Crippen molar-refractivity contribution in [3.8, 4) is 0 Å². The van der Waals surface area contributed by atoms with Crippen molar-refractivity contribution in [1.82, 2.24) is 0 Å². The van der Waals surface area contributed by atoms with Gasteiger partial charge in [-0.1, -0.05) is 0 Å². The lowest BCUT2D eigenvalue weighted by Gasteiger charge is -2.05. The van der Waals surface area contributed by atoms with E-state index in [-0.39, 0.29) is 24.3 Å². The molecule has 0 fully saturated rings. The Balaban J connectivity index is 0.00000121. The molecule has 2 nitrogen and oxygen atoms in total. The quantitative estimate of drug-likeness (QED) is 0.664. The Labute approximate surface area is 77.2 Å². The maximum absolute atomic E-state index is 12.7. The van der Waals surface area contributed by atoms with Gasteiger partial charge in [0.1, 0.15) is 5.82 Å². The lowest BCUT2D eigenvalue weighted by Crippen LogP contribution is -2.05. The van der Waals surface area contributed by atoms with Gasteiger partial charge in [-0.15, -0.1) is 12.4 Å². The average Bonchev–Trinajstić information content (AvgIpc) is 1.85. The zero-order valence-corrected chi connectivity index (χ0v) is 7.57. The third-order valence-electron chi connectivity index (χ3n) is 1.47. The maximum atomic E-state index is 12.7. The monoisotopic (exact) mass is 190 g/mol. The molecule has 0 saturated heterocycles. The fraction of sp³-hybridized carbons (Fsp3) is 0.250. The first-order valence-electron chi connectivity index (χ1n) is 3.41. The van der Waals surface area contributed by atoms with Crippen LogP contribution >= 0.6 is 12.4 Å². The standard InChI is InChI=1S/C8H11FN2.ClH/c1-5(10)6-2-7(9)4-8(11)3-6;/h2-5H,10-11H2,1H3;1H/t5-;/m1./s1. The molecular weight excluding hydrogens is 179 g/mol. The van der Waals surface area contributed by atoms with Crippen molar-refractivity contribution in [2.45, 2.75) is 13.0 Å². The maximum Gasteiger partial charge on any atom is 0.125 e. The van der Waals surface area contributed by atoms with Gasteiger partial charge in [0, 0.05) is 11.7 Å². The third-order valence-corrected chi connectivity index (χ3v) is 1.47. The number of nitrogens with two attached hydrogens (primary N) is 2. The van der Waals surface area contributed by atoms with E-state index in [2.05, 4.69) is 0 Å². The molecule has 0 unspecified atom stereocenters. The fourth-order valence-corrected chi connectivity index (χ4v) is 0.899. The van der Waals surface area contributed by atoms with E-state index in [0.717, 1.165) is 5.56 Å². The summed E-state index contributed by atoms with van der Waals surface area (Å²) >= 11 is 0. The second kappa shape index (κ2) is 4.28. The van der Waals surface area contributed by atoms with Crippen molar-refractivity contribution < 1.29 is 4.39 Å². The predicted molar refractivity (Wildman–Crippen MR) is 50.7 cm³/mol. The van der Waals surface area contributed by atoms with E-state index in [1.807, 2.05) is 0 Å². The summed E-state index contributed by atoms with van der Waals surface area (Å²) in [5.74, 6) is -0.336. The highest BCUT2D eigenvalue weighted by molar-refractivity contribution is 5.85. The van der Waals surface area contributed by atoms with Gasteiger partial charge in [-0.2, -0.15) is 0 Å². The van der Waals surface area contributed by atoms with E-state index in [4.69, 9.17) is 11.5 Å². The Morgan fingerprint density at radius 2 is 1.92 bits per heavy atom. The molecule has 0 radical (unpaired) electrons. The lowest BCUT2D eigenvalue weighted by molar-refractivity contribution is 0.623. The minimum absolute atomic E-state index is 0. The Bertz CT molecular complexity index is 243. The van der Waals surface area contributed by atoms with Crippen LogP contribution in [0.2, 0.25) is 0 Å². The Kier molecular flexibility index (Phi) is 4.00. The van der Waals surface area contributed by atoms with Gasteiger partial charge >= 0.3 is 0 Å².